The molecule has 1 N–H and O–H groups in total. The zero-order chi connectivity index (χ0) is 17.1. The third-order valence-electron chi connectivity index (χ3n) is 3.53. The minimum Gasteiger partial charge on any atom is -0.481 e. The first-order valence-corrected chi connectivity index (χ1v) is 8.18. The van der Waals surface area contributed by atoms with Crippen LogP contribution in [0, 0.1) is 20.8 Å². The fourth-order valence-corrected chi connectivity index (χ4v) is 3.77. The molecule has 6 heteroatoms. The van der Waals surface area contributed by atoms with Crippen molar-refractivity contribution in [3.8, 4) is 0 Å². The first kappa shape index (κ1) is 17.3. The minimum atomic E-state index is -0.988. The summed E-state index contributed by atoms with van der Waals surface area (Å²) in [6.07, 6.45) is 1.41. The van der Waals surface area contributed by atoms with Crippen molar-refractivity contribution >= 4 is 34.5 Å². The lowest BCUT2D eigenvalue weighted by Gasteiger charge is -2.15. The Balaban J connectivity index is 2.41. The van der Waals surface area contributed by atoms with E-state index in [1.54, 1.807) is 6.08 Å². The van der Waals surface area contributed by atoms with Gasteiger partial charge in [0.1, 0.15) is 5.25 Å². The molecule has 1 aromatic rings. The summed E-state index contributed by atoms with van der Waals surface area (Å²) in [5.74, 6) is -1.21. The van der Waals surface area contributed by atoms with E-state index in [1.165, 1.54) is 16.7 Å². The number of carboxylic acid groups (broad SMARTS) is 1. The van der Waals surface area contributed by atoms with Gasteiger partial charge in [-0.25, -0.2) is 4.99 Å². The predicted octanol–water partition coefficient (Wildman–Crippen LogP) is 3.20. The van der Waals surface area contributed by atoms with Crippen LogP contribution in [0.1, 0.15) is 23.1 Å². The lowest BCUT2D eigenvalue weighted by atomic mass is 10.1. The van der Waals surface area contributed by atoms with Crippen molar-refractivity contribution < 1.29 is 14.7 Å². The fourth-order valence-electron chi connectivity index (χ4n) is 2.63. The molecule has 1 amide bonds. The van der Waals surface area contributed by atoms with E-state index >= 15 is 0 Å². The molecule has 1 aromatic carbocycles. The summed E-state index contributed by atoms with van der Waals surface area (Å²) in [7, 11) is 0. The summed E-state index contributed by atoms with van der Waals surface area (Å²) in [6, 6.07) is 4.08. The van der Waals surface area contributed by atoms with Gasteiger partial charge in [0, 0.05) is 6.54 Å². The number of aliphatic imine (C=N–C) groups is 1. The lowest BCUT2D eigenvalue weighted by molar-refractivity contribution is -0.139. The van der Waals surface area contributed by atoms with Gasteiger partial charge in [0.05, 0.1) is 12.1 Å². The highest BCUT2D eigenvalue weighted by Gasteiger charge is 2.38. The van der Waals surface area contributed by atoms with E-state index in [1.807, 2.05) is 32.9 Å². The van der Waals surface area contributed by atoms with Crippen LogP contribution in [0.3, 0.4) is 0 Å². The topological polar surface area (TPSA) is 70.0 Å². The molecule has 0 spiro atoms. The van der Waals surface area contributed by atoms with Crippen molar-refractivity contribution in [2.24, 2.45) is 4.99 Å². The van der Waals surface area contributed by atoms with Crippen molar-refractivity contribution in [3.05, 3.63) is 41.5 Å². The predicted molar refractivity (Wildman–Crippen MR) is 93.3 cm³/mol. The van der Waals surface area contributed by atoms with Gasteiger partial charge in [-0.1, -0.05) is 35.5 Å². The molecule has 1 atom stereocenters. The Kier molecular flexibility index (Phi) is 5.26. The van der Waals surface area contributed by atoms with Gasteiger partial charge in [0.2, 0.25) is 5.91 Å². The largest absolute Gasteiger partial charge is 0.481 e. The van der Waals surface area contributed by atoms with E-state index in [-0.39, 0.29) is 12.3 Å². The molecular formula is C17H20N2O3S. The van der Waals surface area contributed by atoms with Crippen LogP contribution in [0.4, 0.5) is 5.69 Å². The number of aliphatic carboxylic acids is 1. The van der Waals surface area contributed by atoms with Crippen LogP contribution < -0.4 is 0 Å². The number of nitrogens with zero attached hydrogens (tertiary/aromatic N) is 2. The molecule has 0 aliphatic carbocycles. The number of benzene rings is 1. The quantitative estimate of drug-likeness (QED) is 0.841. The number of carbonyl (C=O) groups is 2. The van der Waals surface area contributed by atoms with Gasteiger partial charge in [-0.2, -0.15) is 0 Å². The number of amidine groups is 1. The standard InChI is InChI=1S/C17H20N2O3S/c1-5-6-19-16(22)13(9-14(20)21)23-17(19)18-15-11(3)7-10(2)8-12(15)4/h5,7-8,13H,1,6,9H2,2-4H3,(H,20,21). The number of thioether (sulfide) groups is 1. The van der Waals surface area contributed by atoms with Crippen LogP contribution in [-0.2, 0) is 9.59 Å². The molecule has 1 aliphatic rings. The Bertz CT molecular complexity index is 674. The van der Waals surface area contributed by atoms with Crippen LogP contribution in [0.5, 0.6) is 0 Å². The zero-order valence-corrected chi connectivity index (χ0v) is 14.3. The highest BCUT2D eigenvalue weighted by Crippen LogP contribution is 2.33. The van der Waals surface area contributed by atoms with Crippen molar-refractivity contribution in [3.63, 3.8) is 0 Å². The average molecular weight is 332 g/mol. The van der Waals surface area contributed by atoms with Crippen molar-refractivity contribution in [2.45, 2.75) is 32.4 Å². The van der Waals surface area contributed by atoms with E-state index < -0.39 is 11.2 Å². The minimum absolute atomic E-state index is 0.206. The second-order valence-electron chi connectivity index (χ2n) is 5.58. The Hall–Kier alpha value is -2.08. The van der Waals surface area contributed by atoms with Crippen molar-refractivity contribution in [1.82, 2.24) is 4.90 Å². The molecule has 1 fully saturated rings. The lowest BCUT2D eigenvalue weighted by Crippen LogP contribution is -2.32. The molecule has 0 radical (unpaired) electrons. The zero-order valence-electron chi connectivity index (χ0n) is 13.5. The van der Waals surface area contributed by atoms with Crippen LogP contribution >= 0.6 is 11.8 Å². The summed E-state index contributed by atoms with van der Waals surface area (Å²) < 4.78 is 0. The summed E-state index contributed by atoms with van der Waals surface area (Å²) in [5, 5.41) is 8.87. The Morgan fingerprint density at radius 1 is 1.39 bits per heavy atom. The Labute approximate surface area is 140 Å². The Morgan fingerprint density at radius 2 is 2.00 bits per heavy atom. The summed E-state index contributed by atoms with van der Waals surface area (Å²) in [6.45, 7) is 9.97. The van der Waals surface area contributed by atoms with Gasteiger partial charge in [-0.05, 0) is 31.9 Å². The van der Waals surface area contributed by atoms with Gasteiger partial charge in [0.25, 0.3) is 0 Å². The van der Waals surface area contributed by atoms with E-state index in [0.29, 0.717) is 11.7 Å². The van der Waals surface area contributed by atoms with Crippen LogP contribution in [0.15, 0.2) is 29.8 Å². The molecule has 23 heavy (non-hydrogen) atoms. The van der Waals surface area contributed by atoms with E-state index in [9.17, 15) is 9.59 Å². The van der Waals surface area contributed by atoms with E-state index in [2.05, 4.69) is 11.6 Å². The number of rotatable bonds is 5. The monoisotopic (exact) mass is 332 g/mol. The van der Waals surface area contributed by atoms with E-state index in [4.69, 9.17) is 5.11 Å². The maximum atomic E-state index is 12.4. The van der Waals surface area contributed by atoms with Gasteiger partial charge in [0.15, 0.2) is 5.17 Å². The van der Waals surface area contributed by atoms with Crippen LogP contribution in [0.2, 0.25) is 0 Å². The molecule has 0 bridgehead atoms. The SMILES string of the molecule is C=CCN1C(=O)C(CC(=O)O)SC1=Nc1c(C)cc(C)cc1C. The normalized spacial score (nSPS) is 19.4. The molecule has 1 heterocycles. The fraction of sp³-hybridized carbons (Fsp3) is 0.353. The molecule has 1 aliphatic heterocycles. The summed E-state index contributed by atoms with van der Waals surface area (Å²) in [5.41, 5.74) is 4.05. The first-order valence-electron chi connectivity index (χ1n) is 7.30. The van der Waals surface area contributed by atoms with Crippen molar-refractivity contribution in [1.29, 1.82) is 0 Å². The van der Waals surface area contributed by atoms with Crippen molar-refractivity contribution in [2.75, 3.05) is 6.54 Å². The molecule has 1 saturated heterocycles. The third kappa shape index (κ3) is 3.82. The number of hydrogen-bond acceptors (Lipinski definition) is 4. The highest BCUT2D eigenvalue weighted by atomic mass is 32.2. The third-order valence-corrected chi connectivity index (χ3v) is 4.71. The maximum Gasteiger partial charge on any atom is 0.305 e. The smallest absolute Gasteiger partial charge is 0.305 e. The van der Waals surface area contributed by atoms with Crippen LogP contribution in [-0.4, -0.2) is 38.8 Å². The van der Waals surface area contributed by atoms with Gasteiger partial charge < -0.3 is 5.11 Å². The molecule has 0 saturated carbocycles. The second-order valence-corrected chi connectivity index (χ2v) is 6.75. The van der Waals surface area contributed by atoms with Gasteiger partial charge in [-0.15, -0.1) is 6.58 Å². The number of amides is 1. The van der Waals surface area contributed by atoms with E-state index in [0.717, 1.165) is 22.4 Å². The maximum absolute atomic E-state index is 12.4. The van der Waals surface area contributed by atoms with Crippen LogP contribution in [0.25, 0.3) is 0 Å². The molecule has 122 valence electrons. The Morgan fingerprint density at radius 3 is 2.52 bits per heavy atom. The molecular weight excluding hydrogens is 312 g/mol. The first-order chi connectivity index (χ1) is 10.8. The molecule has 0 aromatic heterocycles. The van der Waals surface area contributed by atoms with Gasteiger partial charge in [-0.3, -0.25) is 14.5 Å². The average Bonchev–Trinajstić information content (AvgIpc) is 2.71. The number of carboxylic acids is 1. The summed E-state index contributed by atoms with van der Waals surface area (Å²) >= 11 is 1.21. The second kappa shape index (κ2) is 7.00. The highest BCUT2D eigenvalue weighted by molar-refractivity contribution is 8.15. The molecule has 5 nitrogen and oxygen atoms in total. The summed E-state index contributed by atoms with van der Waals surface area (Å²) in [4.78, 5) is 29.5. The van der Waals surface area contributed by atoms with Gasteiger partial charge >= 0.3 is 5.97 Å². The number of aryl methyl sites for hydroxylation is 3. The molecule has 2 rings (SSSR count). The molecule has 1 unspecified atom stereocenters. The number of hydrogen-bond donors (Lipinski definition) is 1. The number of carbonyl (C=O) groups excluding carboxylic acids is 1.